The smallest absolute Gasteiger partial charge is 0.404 e. The van der Waals surface area contributed by atoms with Crippen molar-refractivity contribution in [3.63, 3.8) is 0 Å². The third kappa shape index (κ3) is 4.24. The fourth-order valence-electron chi connectivity index (χ4n) is 3.72. The van der Waals surface area contributed by atoms with E-state index in [1.165, 1.54) is 18.5 Å². The Morgan fingerprint density at radius 3 is 2.56 bits per heavy atom. The molecule has 0 saturated heterocycles. The molecule has 12 heteroatoms. The van der Waals surface area contributed by atoms with Gasteiger partial charge in [0.05, 0.1) is 29.6 Å². The van der Waals surface area contributed by atoms with Gasteiger partial charge in [0.1, 0.15) is 22.8 Å². The first-order valence-corrected chi connectivity index (χ1v) is 11.4. The molecule has 0 aliphatic carbocycles. The Hall–Kier alpha value is -3.77. The number of alkyl halides is 3. The molecule has 1 aliphatic heterocycles. The Morgan fingerprint density at radius 1 is 0.971 bits per heavy atom. The molecule has 1 aliphatic rings. The highest BCUT2D eigenvalue weighted by molar-refractivity contribution is 7.89. The molecule has 1 N–H and O–H groups in total. The van der Waals surface area contributed by atoms with Crippen LogP contribution in [-0.2, 0) is 23.1 Å². The summed E-state index contributed by atoms with van der Waals surface area (Å²) in [7, 11) is -4.33. The van der Waals surface area contributed by atoms with E-state index in [1.54, 1.807) is 6.20 Å². The molecule has 0 amide bonds. The molecule has 0 bridgehead atoms. The Labute approximate surface area is 192 Å². The molecular formula is C22H16F3N5O3S. The largest absolute Gasteiger partial charge is 0.573 e. The molecular weight excluding hydrogens is 471 g/mol. The van der Waals surface area contributed by atoms with Gasteiger partial charge in [0.2, 0.25) is 10.0 Å². The number of halogens is 3. The Bertz CT molecular complexity index is 1490. The van der Waals surface area contributed by atoms with Crippen molar-refractivity contribution in [2.75, 3.05) is 5.32 Å². The topological polar surface area (TPSA) is 97.3 Å². The molecule has 0 atom stereocenters. The molecule has 0 fully saturated rings. The summed E-state index contributed by atoms with van der Waals surface area (Å²) in [5.41, 5.74) is 2.43. The number of hydrogen-bond donors (Lipinski definition) is 1. The van der Waals surface area contributed by atoms with Gasteiger partial charge in [-0.05, 0) is 24.3 Å². The summed E-state index contributed by atoms with van der Waals surface area (Å²) in [5, 5.41) is 4.05. The van der Waals surface area contributed by atoms with Crippen molar-refractivity contribution in [1.29, 1.82) is 0 Å². The van der Waals surface area contributed by atoms with Gasteiger partial charge in [-0.2, -0.15) is 4.31 Å². The van der Waals surface area contributed by atoms with E-state index in [2.05, 4.69) is 25.0 Å². The molecule has 174 valence electrons. The number of hydrogen-bond acceptors (Lipinski definition) is 7. The highest BCUT2D eigenvalue weighted by Gasteiger charge is 2.38. The summed E-state index contributed by atoms with van der Waals surface area (Å²) in [4.78, 5) is 12.2. The number of sulfonamides is 1. The Balaban J connectivity index is 1.44. The van der Waals surface area contributed by atoms with Crippen molar-refractivity contribution in [2.45, 2.75) is 24.3 Å². The van der Waals surface area contributed by atoms with E-state index in [0.717, 1.165) is 27.3 Å². The highest BCUT2D eigenvalue weighted by atomic mass is 32.2. The second kappa shape index (κ2) is 8.22. The Morgan fingerprint density at radius 2 is 1.74 bits per heavy atom. The van der Waals surface area contributed by atoms with E-state index in [9.17, 15) is 21.6 Å². The van der Waals surface area contributed by atoms with Crippen molar-refractivity contribution in [1.82, 2.24) is 19.3 Å². The van der Waals surface area contributed by atoms with Gasteiger partial charge in [0.15, 0.2) is 0 Å². The van der Waals surface area contributed by atoms with Crippen molar-refractivity contribution >= 4 is 32.4 Å². The van der Waals surface area contributed by atoms with E-state index < -0.39 is 27.0 Å². The maximum atomic E-state index is 13.2. The maximum absolute atomic E-state index is 13.2. The zero-order valence-electron chi connectivity index (χ0n) is 17.3. The van der Waals surface area contributed by atoms with Crippen molar-refractivity contribution in [3.8, 4) is 5.75 Å². The number of fused-ring (bicyclic) bond motifs is 2. The first-order valence-electron chi connectivity index (χ1n) is 10.0. The van der Waals surface area contributed by atoms with Gasteiger partial charge in [-0.25, -0.2) is 18.4 Å². The lowest BCUT2D eigenvalue weighted by Crippen LogP contribution is -2.27. The highest BCUT2D eigenvalue weighted by Crippen LogP contribution is 2.36. The summed E-state index contributed by atoms with van der Waals surface area (Å²) in [5.74, 6) is -0.405. The van der Waals surface area contributed by atoms with Gasteiger partial charge in [-0.15, -0.1) is 13.2 Å². The normalized spacial score (nSPS) is 14.2. The van der Waals surface area contributed by atoms with Gasteiger partial charge in [0, 0.05) is 17.5 Å². The molecule has 0 saturated carbocycles. The number of pyridine rings is 1. The van der Waals surface area contributed by atoms with Crippen LogP contribution in [0.4, 0.5) is 24.7 Å². The standard InChI is InChI=1S/C22H16F3N5O3S/c23-22(24,25)33-19-7-3-4-8-20(19)34(31,32)30-11-16-18(12-30)27-13-28-21(16)29-15-9-14-5-1-2-6-17(14)26-10-15/h1-10,13H,11-12H2,(H,27,28,29). The van der Waals surface area contributed by atoms with Crippen molar-refractivity contribution < 1.29 is 26.3 Å². The minimum absolute atomic E-state index is 0.120. The van der Waals surface area contributed by atoms with Crippen LogP contribution in [0, 0.1) is 0 Å². The van der Waals surface area contributed by atoms with E-state index in [-0.39, 0.29) is 13.1 Å². The lowest BCUT2D eigenvalue weighted by atomic mass is 10.2. The van der Waals surface area contributed by atoms with E-state index in [4.69, 9.17) is 0 Å². The van der Waals surface area contributed by atoms with Crippen LogP contribution < -0.4 is 10.1 Å². The molecule has 2 aromatic heterocycles. The summed E-state index contributed by atoms with van der Waals surface area (Å²) in [6.07, 6.45) is -2.10. The van der Waals surface area contributed by atoms with Crippen LogP contribution in [0.1, 0.15) is 11.3 Å². The molecule has 8 nitrogen and oxygen atoms in total. The number of benzene rings is 2. The molecule has 3 heterocycles. The molecule has 34 heavy (non-hydrogen) atoms. The number of aromatic nitrogens is 3. The summed E-state index contributed by atoms with van der Waals surface area (Å²) >= 11 is 0. The van der Waals surface area contributed by atoms with Gasteiger partial charge in [0.25, 0.3) is 0 Å². The number of ether oxygens (including phenoxy) is 1. The van der Waals surface area contributed by atoms with Crippen LogP contribution in [-0.4, -0.2) is 34.0 Å². The molecule has 0 unspecified atom stereocenters. The maximum Gasteiger partial charge on any atom is 0.573 e. The van der Waals surface area contributed by atoms with Crippen LogP contribution in [0.15, 0.2) is 72.0 Å². The van der Waals surface area contributed by atoms with E-state index in [0.29, 0.717) is 22.8 Å². The minimum atomic E-state index is -5.03. The monoisotopic (exact) mass is 487 g/mol. The fourth-order valence-corrected chi connectivity index (χ4v) is 5.20. The van der Waals surface area contributed by atoms with Gasteiger partial charge < -0.3 is 10.1 Å². The quantitative estimate of drug-likeness (QED) is 0.446. The summed E-state index contributed by atoms with van der Waals surface area (Å²) < 4.78 is 69.8. The predicted octanol–water partition coefficient (Wildman–Crippen LogP) is 4.37. The molecule has 0 radical (unpaired) electrons. The van der Waals surface area contributed by atoms with Gasteiger partial charge in [-0.3, -0.25) is 4.98 Å². The number of nitrogens with one attached hydrogen (secondary N) is 1. The molecule has 0 spiro atoms. The Kier molecular flexibility index (Phi) is 5.33. The average molecular weight is 487 g/mol. The first kappa shape index (κ1) is 22.0. The fraction of sp³-hybridized carbons (Fsp3) is 0.136. The lowest BCUT2D eigenvalue weighted by Gasteiger charge is -2.18. The molecule has 4 aromatic rings. The van der Waals surface area contributed by atoms with Crippen molar-refractivity contribution in [2.24, 2.45) is 0 Å². The van der Waals surface area contributed by atoms with E-state index in [1.807, 2.05) is 30.3 Å². The number of anilines is 2. The zero-order valence-corrected chi connectivity index (χ0v) is 18.1. The SMILES string of the molecule is O=S(=O)(c1ccccc1OC(F)(F)F)N1Cc2ncnc(Nc3cnc4ccccc4c3)c2C1. The van der Waals surface area contributed by atoms with Crippen LogP contribution in [0.2, 0.25) is 0 Å². The van der Waals surface area contributed by atoms with Crippen molar-refractivity contribution in [3.05, 3.63) is 78.4 Å². The number of rotatable bonds is 5. The average Bonchev–Trinajstić information content (AvgIpc) is 3.25. The van der Waals surface area contributed by atoms with Gasteiger partial charge in [-0.1, -0.05) is 30.3 Å². The van der Waals surface area contributed by atoms with E-state index >= 15 is 0 Å². The second-order valence-corrected chi connectivity index (χ2v) is 9.36. The predicted molar refractivity (Wildman–Crippen MR) is 117 cm³/mol. The number of nitrogens with zero attached hydrogens (tertiary/aromatic N) is 4. The minimum Gasteiger partial charge on any atom is -0.404 e. The summed E-state index contributed by atoms with van der Waals surface area (Å²) in [6, 6.07) is 14.1. The van der Waals surface area contributed by atoms with Gasteiger partial charge >= 0.3 is 6.36 Å². The molecule has 2 aromatic carbocycles. The van der Waals surface area contributed by atoms with Crippen LogP contribution in [0.3, 0.4) is 0 Å². The molecule has 5 rings (SSSR count). The number of para-hydroxylation sites is 2. The third-order valence-corrected chi connectivity index (χ3v) is 7.07. The van der Waals surface area contributed by atoms with Crippen LogP contribution in [0.5, 0.6) is 5.75 Å². The van der Waals surface area contributed by atoms with Crippen LogP contribution in [0.25, 0.3) is 10.9 Å². The lowest BCUT2D eigenvalue weighted by molar-refractivity contribution is -0.275. The first-order chi connectivity index (χ1) is 16.2. The second-order valence-electron chi connectivity index (χ2n) is 7.46. The van der Waals surface area contributed by atoms with Crippen LogP contribution >= 0.6 is 0 Å². The zero-order chi connectivity index (χ0) is 23.9. The third-order valence-electron chi connectivity index (χ3n) is 5.24. The summed E-state index contributed by atoms with van der Waals surface area (Å²) in [6.45, 7) is -0.243.